The van der Waals surface area contributed by atoms with Crippen LogP contribution < -0.4 is 10.6 Å². The molecule has 0 unspecified atom stereocenters. The molecule has 20 heavy (non-hydrogen) atoms. The number of benzene rings is 1. The molecule has 0 bridgehead atoms. The number of nitrogens with zero attached hydrogens (tertiary/aromatic N) is 1. The third-order valence-corrected chi connectivity index (χ3v) is 3.15. The van der Waals surface area contributed by atoms with Crippen molar-refractivity contribution in [2.45, 2.75) is 20.3 Å². The molecule has 0 radical (unpaired) electrons. The maximum Gasteiger partial charge on any atom is 0.259 e. The second-order valence-electron chi connectivity index (χ2n) is 4.63. The molecule has 4 heteroatoms. The van der Waals surface area contributed by atoms with Crippen molar-refractivity contribution in [2.24, 2.45) is 0 Å². The number of carbonyl (C=O) groups is 1. The van der Waals surface area contributed by atoms with Crippen molar-refractivity contribution in [3.05, 3.63) is 53.3 Å². The molecule has 0 saturated carbocycles. The summed E-state index contributed by atoms with van der Waals surface area (Å²) >= 11 is 0. The summed E-state index contributed by atoms with van der Waals surface area (Å²) in [5, 5.41) is 5.93. The van der Waals surface area contributed by atoms with Crippen LogP contribution in [0.4, 0.5) is 11.4 Å². The maximum absolute atomic E-state index is 12.3. The number of aromatic nitrogens is 1. The van der Waals surface area contributed by atoms with E-state index in [0.717, 1.165) is 23.5 Å². The molecule has 104 valence electrons. The molecule has 2 aromatic rings. The third kappa shape index (κ3) is 3.15. The summed E-state index contributed by atoms with van der Waals surface area (Å²) in [6, 6.07) is 9.72. The highest BCUT2D eigenvalue weighted by atomic mass is 16.1. The Kier molecular flexibility index (Phi) is 4.35. The third-order valence-electron chi connectivity index (χ3n) is 3.15. The second-order valence-corrected chi connectivity index (χ2v) is 4.63. The molecule has 1 aromatic carbocycles. The summed E-state index contributed by atoms with van der Waals surface area (Å²) in [5.41, 5.74) is 4.19. The van der Waals surface area contributed by atoms with E-state index in [1.807, 2.05) is 37.3 Å². The smallest absolute Gasteiger partial charge is 0.259 e. The van der Waals surface area contributed by atoms with E-state index in [4.69, 9.17) is 0 Å². The Hall–Kier alpha value is -2.36. The molecular formula is C16H19N3O. The largest absolute Gasteiger partial charge is 0.387 e. The van der Waals surface area contributed by atoms with Gasteiger partial charge in [0.2, 0.25) is 0 Å². The molecule has 1 heterocycles. The van der Waals surface area contributed by atoms with Gasteiger partial charge >= 0.3 is 0 Å². The summed E-state index contributed by atoms with van der Waals surface area (Å²) in [4.78, 5) is 16.5. The van der Waals surface area contributed by atoms with Gasteiger partial charge in [0.05, 0.1) is 11.3 Å². The lowest BCUT2D eigenvalue weighted by Crippen LogP contribution is -2.14. The molecule has 0 fully saturated rings. The zero-order valence-corrected chi connectivity index (χ0v) is 12.0. The van der Waals surface area contributed by atoms with Crippen molar-refractivity contribution < 1.29 is 4.79 Å². The zero-order chi connectivity index (χ0) is 14.5. The molecule has 1 aromatic heterocycles. The fourth-order valence-corrected chi connectivity index (χ4v) is 2.02. The van der Waals surface area contributed by atoms with Gasteiger partial charge in [0, 0.05) is 24.6 Å². The maximum atomic E-state index is 12.3. The van der Waals surface area contributed by atoms with Crippen LogP contribution in [0.3, 0.4) is 0 Å². The van der Waals surface area contributed by atoms with E-state index in [0.29, 0.717) is 5.56 Å². The number of pyridine rings is 1. The fourth-order valence-electron chi connectivity index (χ4n) is 2.02. The molecule has 0 aliphatic carbocycles. The van der Waals surface area contributed by atoms with Crippen LogP contribution in [0.1, 0.15) is 28.5 Å². The van der Waals surface area contributed by atoms with E-state index in [-0.39, 0.29) is 5.91 Å². The summed E-state index contributed by atoms with van der Waals surface area (Å²) in [7, 11) is 1.79. The van der Waals surface area contributed by atoms with Gasteiger partial charge < -0.3 is 10.6 Å². The first-order chi connectivity index (χ1) is 9.63. The molecule has 2 N–H and O–H groups in total. The number of carbonyl (C=O) groups excluding carboxylic acids is 1. The molecule has 0 spiro atoms. The monoisotopic (exact) mass is 269 g/mol. The van der Waals surface area contributed by atoms with E-state index in [9.17, 15) is 4.79 Å². The highest BCUT2D eigenvalue weighted by Gasteiger charge is 2.12. The molecule has 0 atom stereocenters. The Labute approximate surface area is 119 Å². The number of hydrogen-bond acceptors (Lipinski definition) is 3. The van der Waals surface area contributed by atoms with Crippen LogP contribution in [0.25, 0.3) is 0 Å². The Bertz CT molecular complexity index is 623. The summed E-state index contributed by atoms with van der Waals surface area (Å²) < 4.78 is 0. The topological polar surface area (TPSA) is 54.0 Å². The lowest BCUT2D eigenvalue weighted by Gasteiger charge is -2.10. The minimum absolute atomic E-state index is 0.157. The van der Waals surface area contributed by atoms with E-state index < -0.39 is 0 Å². The van der Waals surface area contributed by atoms with Crippen molar-refractivity contribution in [3.63, 3.8) is 0 Å². The van der Waals surface area contributed by atoms with Gasteiger partial charge in [-0.1, -0.05) is 19.1 Å². The van der Waals surface area contributed by atoms with Crippen LogP contribution in [0.5, 0.6) is 0 Å². The number of amides is 1. The molecular weight excluding hydrogens is 250 g/mol. The van der Waals surface area contributed by atoms with Crippen LogP contribution in [-0.4, -0.2) is 17.9 Å². The number of hydrogen-bond donors (Lipinski definition) is 2. The van der Waals surface area contributed by atoms with Crippen molar-refractivity contribution >= 4 is 17.3 Å². The molecule has 0 aliphatic rings. The highest BCUT2D eigenvalue weighted by molar-refractivity contribution is 6.07. The van der Waals surface area contributed by atoms with Crippen LogP contribution in [0.15, 0.2) is 36.5 Å². The highest BCUT2D eigenvalue weighted by Crippen LogP contribution is 2.18. The Morgan fingerprint density at radius 1 is 1.30 bits per heavy atom. The first-order valence-corrected chi connectivity index (χ1v) is 6.68. The number of nitrogens with one attached hydrogen (secondary N) is 2. The zero-order valence-electron chi connectivity index (χ0n) is 12.0. The summed E-state index contributed by atoms with van der Waals surface area (Å²) in [6.07, 6.45) is 2.54. The first kappa shape index (κ1) is 14.1. The van der Waals surface area contributed by atoms with Gasteiger partial charge in [0.15, 0.2) is 0 Å². The molecule has 2 rings (SSSR count). The quantitative estimate of drug-likeness (QED) is 0.895. The van der Waals surface area contributed by atoms with Crippen molar-refractivity contribution in [1.29, 1.82) is 0 Å². The summed E-state index contributed by atoms with van der Waals surface area (Å²) in [5.74, 6) is -0.157. The standard InChI is InChI=1S/C16H19N3O/c1-4-12-6-5-7-13(9-12)19-16(20)14-10-18-11(2)8-15(14)17-3/h5-10H,4H2,1-3H3,(H,17,18)(H,19,20). The predicted octanol–water partition coefficient (Wildman–Crippen LogP) is 3.25. The van der Waals surface area contributed by atoms with Crippen LogP contribution in [0.2, 0.25) is 0 Å². The van der Waals surface area contributed by atoms with E-state index >= 15 is 0 Å². The Balaban J connectivity index is 2.23. The van der Waals surface area contributed by atoms with Gasteiger partial charge in [-0.05, 0) is 37.1 Å². The van der Waals surface area contributed by atoms with Crippen molar-refractivity contribution in [2.75, 3.05) is 17.7 Å². The van der Waals surface area contributed by atoms with Crippen molar-refractivity contribution in [3.8, 4) is 0 Å². The molecule has 0 saturated heterocycles. The molecule has 0 aliphatic heterocycles. The van der Waals surface area contributed by atoms with Gasteiger partial charge in [-0.15, -0.1) is 0 Å². The van der Waals surface area contributed by atoms with Crippen LogP contribution in [0, 0.1) is 6.92 Å². The Morgan fingerprint density at radius 2 is 2.10 bits per heavy atom. The van der Waals surface area contributed by atoms with Gasteiger partial charge in [-0.3, -0.25) is 9.78 Å². The number of anilines is 2. The number of aryl methyl sites for hydroxylation is 2. The van der Waals surface area contributed by atoms with Gasteiger partial charge in [0.1, 0.15) is 0 Å². The van der Waals surface area contributed by atoms with Gasteiger partial charge in [-0.2, -0.15) is 0 Å². The number of rotatable bonds is 4. The summed E-state index contributed by atoms with van der Waals surface area (Å²) in [6.45, 7) is 3.98. The molecule has 1 amide bonds. The van der Waals surface area contributed by atoms with Gasteiger partial charge in [0.25, 0.3) is 5.91 Å². The van der Waals surface area contributed by atoms with E-state index in [1.165, 1.54) is 5.56 Å². The minimum atomic E-state index is -0.157. The average molecular weight is 269 g/mol. The van der Waals surface area contributed by atoms with Crippen molar-refractivity contribution in [1.82, 2.24) is 4.98 Å². The average Bonchev–Trinajstić information content (AvgIpc) is 2.47. The van der Waals surface area contributed by atoms with E-state index in [1.54, 1.807) is 13.2 Å². The van der Waals surface area contributed by atoms with Crippen LogP contribution in [-0.2, 0) is 6.42 Å². The first-order valence-electron chi connectivity index (χ1n) is 6.68. The SMILES string of the molecule is CCc1cccc(NC(=O)c2cnc(C)cc2NC)c1. The predicted molar refractivity (Wildman–Crippen MR) is 82.3 cm³/mol. The van der Waals surface area contributed by atoms with Crippen LogP contribution >= 0.6 is 0 Å². The fraction of sp³-hybridized carbons (Fsp3) is 0.250. The Morgan fingerprint density at radius 3 is 2.80 bits per heavy atom. The van der Waals surface area contributed by atoms with Gasteiger partial charge in [-0.25, -0.2) is 0 Å². The lowest BCUT2D eigenvalue weighted by atomic mass is 10.1. The second kappa shape index (κ2) is 6.19. The normalized spacial score (nSPS) is 10.2. The molecule has 4 nitrogen and oxygen atoms in total. The van der Waals surface area contributed by atoms with E-state index in [2.05, 4.69) is 22.5 Å². The minimum Gasteiger partial charge on any atom is -0.387 e. The lowest BCUT2D eigenvalue weighted by molar-refractivity contribution is 0.102.